The van der Waals surface area contributed by atoms with Crippen molar-refractivity contribution in [3.8, 4) is 0 Å². The lowest BCUT2D eigenvalue weighted by Gasteiger charge is -2.11. The predicted octanol–water partition coefficient (Wildman–Crippen LogP) is 0.910. The quantitative estimate of drug-likeness (QED) is 0.664. The first-order valence-electron chi connectivity index (χ1n) is 4.24. The Morgan fingerprint density at radius 1 is 1.45 bits per heavy atom. The number of rotatable bonds is 4. The Labute approximate surface area is 67.3 Å². The minimum absolute atomic E-state index is 0.0591. The van der Waals surface area contributed by atoms with Gasteiger partial charge in [-0.05, 0) is 12.8 Å². The van der Waals surface area contributed by atoms with Crippen molar-refractivity contribution in [1.82, 2.24) is 0 Å². The first-order valence-corrected chi connectivity index (χ1v) is 4.24. The lowest BCUT2D eigenvalue weighted by atomic mass is 10.1. The summed E-state index contributed by atoms with van der Waals surface area (Å²) in [5, 5.41) is 9.21. The van der Waals surface area contributed by atoms with Crippen LogP contribution in [0.25, 0.3) is 0 Å². The molecule has 1 heterocycles. The van der Waals surface area contributed by atoms with Crippen LogP contribution in [0.4, 0.5) is 0 Å². The number of ether oxygens (including phenoxy) is 2. The first kappa shape index (κ1) is 8.97. The molecule has 1 saturated heterocycles. The van der Waals surface area contributed by atoms with Crippen LogP contribution >= 0.6 is 0 Å². The van der Waals surface area contributed by atoms with Gasteiger partial charge in [0, 0.05) is 6.42 Å². The second-order valence-electron chi connectivity index (χ2n) is 2.81. The van der Waals surface area contributed by atoms with Gasteiger partial charge >= 0.3 is 0 Å². The van der Waals surface area contributed by atoms with Crippen LogP contribution < -0.4 is 0 Å². The maximum absolute atomic E-state index is 9.21. The molecule has 1 aliphatic rings. The van der Waals surface area contributed by atoms with E-state index < -0.39 is 0 Å². The van der Waals surface area contributed by atoms with E-state index in [1.807, 2.05) is 6.92 Å². The zero-order valence-corrected chi connectivity index (χ0v) is 6.95. The average Bonchev–Trinajstić information content (AvgIpc) is 2.52. The number of aliphatic hydroxyl groups is 1. The van der Waals surface area contributed by atoms with Crippen LogP contribution in [0.15, 0.2) is 0 Å². The van der Waals surface area contributed by atoms with E-state index in [4.69, 9.17) is 9.47 Å². The van der Waals surface area contributed by atoms with Crippen molar-refractivity contribution in [1.29, 1.82) is 0 Å². The van der Waals surface area contributed by atoms with E-state index in [0.29, 0.717) is 13.2 Å². The van der Waals surface area contributed by atoms with Gasteiger partial charge in [0.05, 0.1) is 19.3 Å². The minimum atomic E-state index is -0.192. The molecular weight excluding hydrogens is 144 g/mol. The molecule has 0 aromatic heterocycles. The van der Waals surface area contributed by atoms with E-state index in [1.54, 1.807) is 0 Å². The smallest absolute Gasteiger partial charge is 0.157 e. The Kier molecular flexibility index (Phi) is 3.83. The molecule has 1 unspecified atom stereocenters. The van der Waals surface area contributed by atoms with Crippen LogP contribution in [0.1, 0.15) is 26.2 Å². The van der Waals surface area contributed by atoms with Crippen molar-refractivity contribution < 1.29 is 14.6 Å². The fraction of sp³-hybridized carbons (Fsp3) is 1.00. The summed E-state index contributed by atoms with van der Waals surface area (Å²) >= 11 is 0. The molecule has 1 rings (SSSR count). The largest absolute Gasteiger partial charge is 0.393 e. The molecule has 0 aromatic rings. The summed E-state index contributed by atoms with van der Waals surface area (Å²) in [6.45, 7) is 3.38. The molecule has 0 aliphatic carbocycles. The van der Waals surface area contributed by atoms with Crippen molar-refractivity contribution in [2.24, 2.45) is 0 Å². The number of hydrogen-bond acceptors (Lipinski definition) is 3. The highest BCUT2D eigenvalue weighted by molar-refractivity contribution is 4.57. The molecule has 1 N–H and O–H groups in total. The van der Waals surface area contributed by atoms with Gasteiger partial charge in [-0.15, -0.1) is 0 Å². The summed E-state index contributed by atoms with van der Waals surface area (Å²) in [6.07, 6.45) is 2.15. The highest BCUT2D eigenvalue weighted by Gasteiger charge is 2.16. The van der Waals surface area contributed by atoms with Crippen LogP contribution in [-0.2, 0) is 9.47 Å². The van der Waals surface area contributed by atoms with Crippen LogP contribution in [0, 0.1) is 0 Å². The minimum Gasteiger partial charge on any atom is -0.393 e. The molecule has 1 atom stereocenters. The summed E-state index contributed by atoms with van der Waals surface area (Å²) in [6, 6.07) is 0. The molecule has 11 heavy (non-hydrogen) atoms. The summed E-state index contributed by atoms with van der Waals surface area (Å²) < 4.78 is 10.4. The van der Waals surface area contributed by atoms with Gasteiger partial charge in [0.25, 0.3) is 0 Å². The van der Waals surface area contributed by atoms with Crippen molar-refractivity contribution in [3.63, 3.8) is 0 Å². The molecule has 3 heteroatoms. The molecule has 3 nitrogen and oxygen atoms in total. The van der Waals surface area contributed by atoms with Gasteiger partial charge in [-0.3, -0.25) is 0 Å². The molecular formula is C8H16O3. The third kappa shape index (κ3) is 3.18. The predicted molar refractivity (Wildman–Crippen MR) is 41.2 cm³/mol. The molecule has 1 fully saturated rings. The van der Waals surface area contributed by atoms with Crippen LogP contribution in [0.5, 0.6) is 0 Å². The van der Waals surface area contributed by atoms with Gasteiger partial charge in [-0.25, -0.2) is 0 Å². The van der Waals surface area contributed by atoms with E-state index in [0.717, 1.165) is 19.3 Å². The Morgan fingerprint density at radius 2 is 2.09 bits per heavy atom. The normalized spacial score (nSPS) is 22.4. The van der Waals surface area contributed by atoms with Crippen molar-refractivity contribution in [2.45, 2.75) is 38.6 Å². The van der Waals surface area contributed by atoms with Crippen LogP contribution in [-0.4, -0.2) is 30.7 Å². The molecule has 0 bridgehead atoms. The van der Waals surface area contributed by atoms with Gasteiger partial charge in [-0.1, -0.05) is 6.92 Å². The molecule has 0 spiro atoms. The Bertz CT molecular complexity index is 99.5. The van der Waals surface area contributed by atoms with Gasteiger partial charge < -0.3 is 14.6 Å². The Morgan fingerprint density at radius 3 is 2.64 bits per heavy atom. The highest BCUT2D eigenvalue weighted by atomic mass is 16.7. The SMILES string of the molecule is CCC(O)CCC1OCCO1. The fourth-order valence-electron chi connectivity index (χ4n) is 1.11. The second kappa shape index (κ2) is 4.70. The maximum Gasteiger partial charge on any atom is 0.157 e. The van der Waals surface area contributed by atoms with E-state index in [9.17, 15) is 5.11 Å². The summed E-state index contributed by atoms with van der Waals surface area (Å²) in [5.74, 6) is 0. The van der Waals surface area contributed by atoms with Crippen molar-refractivity contribution in [2.75, 3.05) is 13.2 Å². The molecule has 0 amide bonds. The summed E-state index contributed by atoms with van der Waals surface area (Å²) in [4.78, 5) is 0. The third-order valence-electron chi connectivity index (χ3n) is 1.90. The molecule has 66 valence electrons. The standard InChI is InChI=1S/C8H16O3/c1-2-7(9)3-4-8-10-5-6-11-8/h7-9H,2-6H2,1H3. The van der Waals surface area contributed by atoms with Gasteiger partial charge in [0.15, 0.2) is 6.29 Å². The zero-order chi connectivity index (χ0) is 8.10. The first-order chi connectivity index (χ1) is 5.33. The monoisotopic (exact) mass is 160 g/mol. The number of aliphatic hydroxyl groups excluding tert-OH is 1. The fourth-order valence-corrected chi connectivity index (χ4v) is 1.11. The molecule has 1 aliphatic heterocycles. The van der Waals surface area contributed by atoms with Crippen molar-refractivity contribution in [3.05, 3.63) is 0 Å². The van der Waals surface area contributed by atoms with Gasteiger partial charge in [-0.2, -0.15) is 0 Å². The topological polar surface area (TPSA) is 38.7 Å². The van der Waals surface area contributed by atoms with Crippen LogP contribution in [0.2, 0.25) is 0 Å². The summed E-state index contributed by atoms with van der Waals surface area (Å²) in [5.41, 5.74) is 0. The Hall–Kier alpha value is -0.120. The highest BCUT2D eigenvalue weighted by Crippen LogP contribution is 2.12. The third-order valence-corrected chi connectivity index (χ3v) is 1.90. The Balaban J connectivity index is 2.01. The maximum atomic E-state index is 9.21. The van der Waals surface area contributed by atoms with E-state index >= 15 is 0 Å². The van der Waals surface area contributed by atoms with E-state index in [1.165, 1.54) is 0 Å². The molecule has 0 radical (unpaired) electrons. The van der Waals surface area contributed by atoms with E-state index in [-0.39, 0.29) is 12.4 Å². The van der Waals surface area contributed by atoms with Gasteiger partial charge in [0.2, 0.25) is 0 Å². The van der Waals surface area contributed by atoms with Crippen LogP contribution in [0.3, 0.4) is 0 Å². The summed E-state index contributed by atoms with van der Waals surface area (Å²) in [7, 11) is 0. The zero-order valence-electron chi connectivity index (χ0n) is 6.95. The second-order valence-corrected chi connectivity index (χ2v) is 2.81. The number of hydrogen-bond donors (Lipinski definition) is 1. The lowest BCUT2D eigenvalue weighted by molar-refractivity contribution is -0.0541. The molecule has 0 saturated carbocycles. The molecule has 0 aromatic carbocycles. The van der Waals surface area contributed by atoms with E-state index in [2.05, 4.69) is 0 Å². The lowest BCUT2D eigenvalue weighted by Crippen LogP contribution is -2.12. The van der Waals surface area contributed by atoms with Crippen molar-refractivity contribution >= 4 is 0 Å². The average molecular weight is 160 g/mol. The van der Waals surface area contributed by atoms with Gasteiger partial charge in [0.1, 0.15) is 0 Å².